The molecule has 0 fully saturated rings. The van der Waals surface area contributed by atoms with Crippen LogP contribution in [0.15, 0.2) is 158 Å². The molecule has 338 valence electrons. The predicted octanol–water partition coefficient (Wildman–Crippen LogP) is 16.5. The van der Waals surface area contributed by atoms with E-state index < -0.39 is 0 Å². The standard InChI is InChI=1S/C65H65BN2/c1-40-20-19-21-41(2)60(40)43-34-52-51-37-46(64(9,10)11)29-33-57(51)68(47-30-26-44(27-31-47)62(3,4)5)66-55-38-50-48-24-17-18-25-53(48)65(12,13)54(50)39-58(55)67(59(35-43)61(52)66)56-32-28-45(63(6,7)8)36-49(56)42-22-15-14-16-23-42/h14-39H,1-13H3. The van der Waals surface area contributed by atoms with Gasteiger partial charge in [0, 0.05) is 39.3 Å². The Hall–Kier alpha value is -6.58. The van der Waals surface area contributed by atoms with Crippen LogP contribution < -0.4 is 20.6 Å². The third-order valence-electron chi connectivity index (χ3n) is 15.6. The molecule has 0 atom stereocenters. The third kappa shape index (κ3) is 6.82. The van der Waals surface area contributed by atoms with Crippen molar-refractivity contribution >= 4 is 46.2 Å². The van der Waals surface area contributed by atoms with Crippen LogP contribution in [0.4, 0.5) is 28.4 Å². The summed E-state index contributed by atoms with van der Waals surface area (Å²) in [7, 11) is 0. The lowest BCUT2D eigenvalue weighted by Crippen LogP contribution is -2.61. The lowest BCUT2D eigenvalue weighted by atomic mass is 9.43. The van der Waals surface area contributed by atoms with Crippen LogP contribution in [0.5, 0.6) is 0 Å². The molecule has 0 radical (unpaired) electrons. The maximum absolute atomic E-state index is 2.69. The fourth-order valence-corrected chi connectivity index (χ4v) is 11.8. The number of hydrogen-bond acceptors (Lipinski definition) is 2. The van der Waals surface area contributed by atoms with E-state index >= 15 is 0 Å². The fourth-order valence-electron chi connectivity index (χ4n) is 11.8. The van der Waals surface area contributed by atoms with Gasteiger partial charge < -0.3 is 9.71 Å². The largest absolute Gasteiger partial charge is 0.376 e. The highest BCUT2D eigenvalue weighted by molar-refractivity contribution is 6.93. The molecule has 0 N–H and O–H groups in total. The van der Waals surface area contributed by atoms with Crippen molar-refractivity contribution in [2.75, 3.05) is 9.71 Å². The van der Waals surface area contributed by atoms with E-state index in [9.17, 15) is 0 Å². The number of aryl methyl sites for hydroxylation is 2. The van der Waals surface area contributed by atoms with E-state index in [1.54, 1.807) is 0 Å². The molecule has 2 aliphatic heterocycles. The number of anilines is 5. The summed E-state index contributed by atoms with van der Waals surface area (Å²) in [5.41, 5.74) is 28.1. The minimum absolute atomic E-state index is 0.0293. The van der Waals surface area contributed by atoms with Crippen molar-refractivity contribution in [3.8, 4) is 44.5 Å². The molecule has 0 bridgehead atoms. The molecule has 2 nitrogen and oxygen atoms in total. The van der Waals surface area contributed by atoms with E-state index in [0.29, 0.717) is 0 Å². The second-order valence-electron chi connectivity index (χ2n) is 23.6. The maximum Gasteiger partial charge on any atom is 0.333 e. The Morgan fingerprint density at radius 3 is 1.65 bits per heavy atom. The van der Waals surface area contributed by atoms with Gasteiger partial charge >= 0.3 is 6.85 Å². The Kier molecular flexibility index (Phi) is 9.84. The molecule has 3 aliphatic rings. The molecule has 2 heterocycles. The minimum atomic E-state index is -0.193. The van der Waals surface area contributed by atoms with Crippen LogP contribution in [-0.2, 0) is 21.7 Å². The second-order valence-corrected chi connectivity index (χ2v) is 23.6. The molecular weight excluding hydrogens is 820 g/mol. The van der Waals surface area contributed by atoms with Crippen molar-refractivity contribution in [1.82, 2.24) is 0 Å². The van der Waals surface area contributed by atoms with Gasteiger partial charge in [-0.2, -0.15) is 0 Å². The maximum atomic E-state index is 2.69. The molecule has 0 spiro atoms. The zero-order chi connectivity index (χ0) is 47.8. The summed E-state index contributed by atoms with van der Waals surface area (Å²) in [6, 6.07) is 61.3. The number of benzene rings is 8. The van der Waals surface area contributed by atoms with Crippen LogP contribution in [0.1, 0.15) is 115 Å². The van der Waals surface area contributed by atoms with Gasteiger partial charge in [0.25, 0.3) is 0 Å². The Morgan fingerprint density at radius 2 is 1.00 bits per heavy atom. The molecule has 3 heteroatoms. The molecular formula is C65H65BN2. The first kappa shape index (κ1) is 44.0. The molecule has 8 aromatic rings. The van der Waals surface area contributed by atoms with Gasteiger partial charge in [-0.25, -0.2) is 0 Å². The highest BCUT2D eigenvalue weighted by Gasteiger charge is 2.48. The first-order chi connectivity index (χ1) is 32.2. The normalized spacial score (nSPS) is 14.6. The summed E-state index contributed by atoms with van der Waals surface area (Å²) in [6.07, 6.45) is 0. The van der Waals surface area contributed by atoms with Crippen molar-refractivity contribution in [3.05, 3.63) is 197 Å². The first-order valence-electron chi connectivity index (χ1n) is 24.8. The van der Waals surface area contributed by atoms with Gasteiger partial charge in [-0.05, 0) is 168 Å². The van der Waals surface area contributed by atoms with Gasteiger partial charge in [0.1, 0.15) is 0 Å². The van der Waals surface area contributed by atoms with Crippen LogP contribution in [0.2, 0.25) is 0 Å². The van der Waals surface area contributed by atoms with Crippen LogP contribution in [0, 0.1) is 13.8 Å². The van der Waals surface area contributed by atoms with Gasteiger partial charge in [0.15, 0.2) is 0 Å². The Balaban J connectivity index is 1.32. The van der Waals surface area contributed by atoms with E-state index in [1.807, 2.05) is 0 Å². The zero-order valence-corrected chi connectivity index (χ0v) is 42.5. The predicted molar refractivity (Wildman–Crippen MR) is 294 cm³/mol. The summed E-state index contributed by atoms with van der Waals surface area (Å²) in [6.45, 7) is 30.2. The Bertz CT molecular complexity index is 3310. The number of nitrogens with zero attached hydrogens (tertiary/aromatic N) is 2. The average molecular weight is 885 g/mol. The molecule has 8 aromatic carbocycles. The smallest absolute Gasteiger partial charge is 0.333 e. The van der Waals surface area contributed by atoms with E-state index in [4.69, 9.17) is 0 Å². The summed E-state index contributed by atoms with van der Waals surface area (Å²) in [5.74, 6) is 0. The molecule has 0 saturated carbocycles. The molecule has 0 aromatic heterocycles. The van der Waals surface area contributed by atoms with Crippen LogP contribution in [-0.4, -0.2) is 6.85 Å². The van der Waals surface area contributed by atoms with Crippen molar-refractivity contribution in [1.29, 1.82) is 0 Å². The monoisotopic (exact) mass is 885 g/mol. The Morgan fingerprint density at radius 1 is 0.412 bits per heavy atom. The lowest BCUT2D eigenvalue weighted by Gasteiger charge is -2.47. The molecule has 11 rings (SSSR count). The topological polar surface area (TPSA) is 6.48 Å². The SMILES string of the molecule is Cc1cccc(C)c1-c1cc2c3c(c1)N(c1ccc(C(C)(C)C)cc1-c1ccccc1)c1cc4c(cc1B3N(c1ccc(C(C)(C)C)cc1)c1ccc(C(C)(C)C)cc1-2)-c1ccccc1C4(C)C. The van der Waals surface area contributed by atoms with Crippen LogP contribution in [0.25, 0.3) is 44.5 Å². The van der Waals surface area contributed by atoms with Gasteiger partial charge in [-0.1, -0.05) is 179 Å². The lowest BCUT2D eigenvalue weighted by molar-refractivity contribution is 0.590. The van der Waals surface area contributed by atoms with Crippen molar-refractivity contribution in [2.24, 2.45) is 0 Å². The minimum Gasteiger partial charge on any atom is -0.376 e. The van der Waals surface area contributed by atoms with Crippen molar-refractivity contribution in [3.63, 3.8) is 0 Å². The van der Waals surface area contributed by atoms with E-state index in [2.05, 4.69) is 257 Å². The first-order valence-corrected chi connectivity index (χ1v) is 24.8. The van der Waals surface area contributed by atoms with Crippen LogP contribution in [0.3, 0.4) is 0 Å². The van der Waals surface area contributed by atoms with Gasteiger partial charge in [-0.15, -0.1) is 0 Å². The summed E-state index contributed by atoms with van der Waals surface area (Å²) < 4.78 is 0. The van der Waals surface area contributed by atoms with Gasteiger partial charge in [-0.3, -0.25) is 0 Å². The molecule has 0 unspecified atom stereocenters. The van der Waals surface area contributed by atoms with Crippen molar-refractivity contribution in [2.45, 2.75) is 112 Å². The average Bonchev–Trinajstić information content (AvgIpc) is 3.52. The van der Waals surface area contributed by atoms with Crippen molar-refractivity contribution < 1.29 is 0 Å². The number of fused-ring (bicyclic) bond motifs is 7. The summed E-state index contributed by atoms with van der Waals surface area (Å²) in [4.78, 5) is 5.36. The third-order valence-corrected chi connectivity index (χ3v) is 15.6. The van der Waals surface area contributed by atoms with E-state index in [0.717, 1.165) is 0 Å². The highest BCUT2D eigenvalue weighted by atomic mass is 15.2. The number of hydrogen-bond donors (Lipinski definition) is 0. The fraction of sp³-hybridized carbons (Fsp3) is 0.262. The summed E-state index contributed by atoms with van der Waals surface area (Å²) in [5, 5.41) is 0. The van der Waals surface area contributed by atoms with E-state index in [-0.39, 0.29) is 28.5 Å². The molecule has 0 saturated heterocycles. The Labute approximate surface area is 406 Å². The zero-order valence-electron chi connectivity index (χ0n) is 42.5. The molecule has 1 aliphatic carbocycles. The van der Waals surface area contributed by atoms with E-state index in [1.165, 1.54) is 123 Å². The highest BCUT2D eigenvalue weighted by Crippen LogP contribution is 2.55. The van der Waals surface area contributed by atoms with Gasteiger partial charge in [0.2, 0.25) is 0 Å². The quantitative estimate of drug-likeness (QED) is 0.163. The van der Waals surface area contributed by atoms with Crippen LogP contribution >= 0.6 is 0 Å². The number of rotatable bonds is 4. The summed E-state index contributed by atoms with van der Waals surface area (Å²) >= 11 is 0. The molecule has 0 amide bonds. The molecule has 68 heavy (non-hydrogen) atoms. The van der Waals surface area contributed by atoms with Gasteiger partial charge in [0.05, 0.1) is 5.69 Å². The second kappa shape index (κ2) is 15.2.